The summed E-state index contributed by atoms with van der Waals surface area (Å²) in [5, 5.41) is 9.01. The third-order valence-electron chi connectivity index (χ3n) is 2.48. The van der Waals surface area contributed by atoms with Gasteiger partial charge in [0, 0.05) is 5.41 Å². The number of rotatable bonds is 2. The van der Waals surface area contributed by atoms with Gasteiger partial charge in [0.2, 0.25) is 0 Å². The normalized spacial score (nSPS) is 11.0. The van der Waals surface area contributed by atoms with Crippen molar-refractivity contribution in [2.45, 2.75) is 39.5 Å². The number of aromatic nitrogens is 1. The van der Waals surface area contributed by atoms with Crippen LogP contribution in [0, 0.1) is 11.3 Å². The zero-order valence-corrected chi connectivity index (χ0v) is 10.6. The molecule has 0 aliphatic rings. The fraction of sp³-hybridized carbons (Fsp3) is 0.538. The van der Waals surface area contributed by atoms with Gasteiger partial charge in [0.15, 0.2) is 11.4 Å². The molecular formula is C13H18N2O. The van der Waals surface area contributed by atoms with Gasteiger partial charge in [-0.2, -0.15) is 5.26 Å². The van der Waals surface area contributed by atoms with Gasteiger partial charge >= 0.3 is 0 Å². The Bertz CT molecular complexity index is 425. The predicted molar refractivity (Wildman–Crippen MR) is 63.6 cm³/mol. The molecule has 0 saturated heterocycles. The van der Waals surface area contributed by atoms with Gasteiger partial charge in [-0.3, -0.25) is 0 Å². The molecule has 0 bridgehead atoms. The van der Waals surface area contributed by atoms with Gasteiger partial charge in [0.05, 0.1) is 12.8 Å². The van der Waals surface area contributed by atoms with Crippen LogP contribution in [-0.4, -0.2) is 12.1 Å². The average Bonchev–Trinajstić information content (AvgIpc) is 2.25. The Hall–Kier alpha value is -1.56. The summed E-state index contributed by atoms with van der Waals surface area (Å²) in [5.41, 5.74) is 2.43. The highest BCUT2D eigenvalue weighted by Gasteiger charge is 2.21. The van der Waals surface area contributed by atoms with Crippen LogP contribution in [-0.2, 0) is 11.8 Å². The maximum absolute atomic E-state index is 9.01. The molecule has 0 aliphatic heterocycles. The molecule has 1 rings (SSSR count). The van der Waals surface area contributed by atoms with Gasteiger partial charge in [0.25, 0.3) is 0 Å². The van der Waals surface area contributed by atoms with E-state index in [0.29, 0.717) is 11.4 Å². The van der Waals surface area contributed by atoms with Crippen LogP contribution in [0.2, 0.25) is 0 Å². The van der Waals surface area contributed by atoms with Crippen molar-refractivity contribution in [3.8, 4) is 11.8 Å². The van der Waals surface area contributed by atoms with Crippen LogP contribution in [0.1, 0.15) is 44.6 Å². The van der Waals surface area contributed by atoms with Gasteiger partial charge in [0.1, 0.15) is 6.07 Å². The molecule has 3 nitrogen and oxygen atoms in total. The lowest BCUT2D eigenvalue weighted by Crippen LogP contribution is -2.17. The lowest BCUT2D eigenvalue weighted by atomic mass is 9.87. The monoisotopic (exact) mass is 218 g/mol. The molecule has 0 spiro atoms. The maximum atomic E-state index is 9.01. The van der Waals surface area contributed by atoms with E-state index in [1.54, 1.807) is 7.11 Å². The van der Waals surface area contributed by atoms with Crippen molar-refractivity contribution in [1.29, 1.82) is 5.26 Å². The third-order valence-corrected chi connectivity index (χ3v) is 2.48. The van der Waals surface area contributed by atoms with Crippen LogP contribution in [0.25, 0.3) is 0 Å². The topological polar surface area (TPSA) is 45.9 Å². The van der Waals surface area contributed by atoms with Gasteiger partial charge in [-0.15, -0.1) is 0 Å². The van der Waals surface area contributed by atoms with Crippen molar-refractivity contribution < 1.29 is 4.74 Å². The first-order valence-electron chi connectivity index (χ1n) is 5.42. The van der Waals surface area contributed by atoms with E-state index in [1.165, 1.54) is 0 Å². The van der Waals surface area contributed by atoms with E-state index >= 15 is 0 Å². The van der Waals surface area contributed by atoms with Gasteiger partial charge in [-0.1, -0.05) is 27.7 Å². The Morgan fingerprint density at radius 3 is 2.44 bits per heavy atom. The highest BCUT2D eigenvalue weighted by atomic mass is 16.5. The fourth-order valence-electron chi connectivity index (χ4n) is 1.69. The summed E-state index contributed by atoms with van der Waals surface area (Å²) in [6.45, 7) is 8.38. The standard InChI is InChI=1S/C13H18N2O/c1-6-9-7-11(16-5)10(8-14)15-12(9)13(2,3)4/h7H,6H2,1-5H3. The Labute approximate surface area is 97.1 Å². The van der Waals surface area contributed by atoms with Crippen molar-refractivity contribution in [2.24, 2.45) is 0 Å². The van der Waals surface area contributed by atoms with Crippen LogP contribution >= 0.6 is 0 Å². The number of pyridine rings is 1. The van der Waals surface area contributed by atoms with E-state index in [0.717, 1.165) is 17.7 Å². The lowest BCUT2D eigenvalue weighted by molar-refractivity contribution is 0.409. The summed E-state index contributed by atoms with van der Waals surface area (Å²) in [5.74, 6) is 0.562. The molecule has 0 aliphatic carbocycles. The number of nitriles is 1. The minimum absolute atomic E-state index is 0.0524. The fourth-order valence-corrected chi connectivity index (χ4v) is 1.69. The van der Waals surface area contributed by atoms with E-state index in [9.17, 15) is 0 Å². The Morgan fingerprint density at radius 1 is 1.44 bits per heavy atom. The summed E-state index contributed by atoms with van der Waals surface area (Å²) in [4.78, 5) is 4.42. The summed E-state index contributed by atoms with van der Waals surface area (Å²) in [6, 6.07) is 4.00. The van der Waals surface area contributed by atoms with Crippen molar-refractivity contribution in [1.82, 2.24) is 4.98 Å². The first-order chi connectivity index (χ1) is 7.43. The predicted octanol–water partition coefficient (Wildman–Crippen LogP) is 2.82. The molecular weight excluding hydrogens is 200 g/mol. The minimum atomic E-state index is -0.0524. The highest BCUT2D eigenvalue weighted by molar-refractivity contribution is 5.43. The maximum Gasteiger partial charge on any atom is 0.182 e. The zero-order valence-electron chi connectivity index (χ0n) is 10.6. The molecule has 0 atom stereocenters. The van der Waals surface area contributed by atoms with Crippen LogP contribution in [0.3, 0.4) is 0 Å². The number of hydrogen-bond acceptors (Lipinski definition) is 3. The summed E-state index contributed by atoms with van der Waals surface area (Å²) in [6.07, 6.45) is 0.891. The molecule has 1 heterocycles. The highest BCUT2D eigenvalue weighted by Crippen LogP contribution is 2.28. The van der Waals surface area contributed by atoms with E-state index in [-0.39, 0.29) is 5.41 Å². The van der Waals surface area contributed by atoms with E-state index in [2.05, 4.69) is 38.7 Å². The Balaban J connectivity index is 3.45. The molecule has 0 saturated carbocycles. The van der Waals surface area contributed by atoms with E-state index in [1.807, 2.05) is 6.07 Å². The Kier molecular flexibility index (Phi) is 3.54. The molecule has 0 aromatic carbocycles. The second-order valence-electron chi connectivity index (χ2n) is 4.76. The Morgan fingerprint density at radius 2 is 2.06 bits per heavy atom. The number of aryl methyl sites for hydroxylation is 1. The largest absolute Gasteiger partial charge is 0.494 e. The van der Waals surface area contributed by atoms with Crippen LogP contribution in [0.15, 0.2) is 6.07 Å². The number of hydrogen-bond donors (Lipinski definition) is 0. The molecule has 0 unspecified atom stereocenters. The van der Waals surface area contributed by atoms with Gasteiger partial charge in [-0.05, 0) is 18.1 Å². The summed E-state index contributed by atoms with van der Waals surface area (Å²) >= 11 is 0. The molecule has 0 amide bonds. The second kappa shape index (κ2) is 4.52. The van der Waals surface area contributed by atoms with Crippen LogP contribution < -0.4 is 4.74 Å². The quantitative estimate of drug-likeness (QED) is 0.766. The molecule has 16 heavy (non-hydrogen) atoms. The van der Waals surface area contributed by atoms with Crippen molar-refractivity contribution in [2.75, 3.05) is 7.11 Å². The second-order valence-corrected chi connectivity index (χ2v) is 4.76. The zero-order chi connectivity index (χ0) is 12.3. The van der Waals surface area contributed by atoms with Gasteiger partial charge < -0.3 is 4.74 Å². The molecule has 0 N–H and O–H groups in total. The minimum Gasteiger partial charge on any atom is -0.494 e. The molecule has 1 aromatic rings. The smallest absolute Gasteiger partial charge is 0.182 e. The molecule has 0 radical (unpaired) electrons. The van der Waals surface area contributed by atoms with E-state index in [4.69, 9.17) is 10.00 Å². The third kappa shape index (κ3) is 2.33. The van der Waals surface area contributed by atoms with Crippen molar-refractivity contribution in [3.63, 3.8) is 0 Å². The number of ether oxygens (including phenoxy) is 1. The van der Waals surface area contributed by atoms with Gasteiger partial charge in [-0.25, -0.2) is 4.98 Å². The molecule has 0 fully saturated rings. The molecule has 86 valence electrons. The molecule has 1 aromatic heterocycles. The van der Waals surface area contributed by atoms with Crippen molar-refractivity contribution >= 4 is 0 Å². The van der Waals surface area contributed by atoms with Crippen molar-refractivity contribution in [3.05, 3.63) is 23.0 Å². The number of nitrogens with zero attached hydrogens (tertiary/aromatic N) is 2. The first-order valence-corrected chi connectivity index (χ1v) is 5.42. The lowest BCUT2D eigenvalue weighted by Gasteiger charge is -2.22. The summed E-state index contributed by atoms with van der Waals surface area (Å²) < 4.78 is 5.16. The van der Waals surface area contributed by atoms with Crippen LogP contribution in [0.4, 0.5) is 0 Å². The average molecular weight is 218 g/mol. The SMILES string of the molecule is CCc1cc(OC)c(C#N)nc1C(C)(C)C. The molecule has 3 heteroatoms. The summed E-state index contributed by atoms with van der Waals surface area (Å²) in [7, 11) is 1.56. The van der Waals surface area contributed by atoms with E-state index < -0.39 is 0 Å². The van der Waals surface area contributed by atoms with Crippen LogP contribution in [0.5, 0.6) is 5.75 Å². The first kappa shape index (κ1) is 12.5. The number of methoxy groups -OCH3 is 1.